The number of fused-ring (bicyclic) bond motifs is 1. The lowest BCUT2D eigenvalue weighted by molar-refractivity contribution is 0.497. The van der Waals surface area contributed by atoms with Crippen LogP contribution in [-0.4, -0.2) is 14.8 Å². The fourth-order valence-corrected chi connectivity index (χ4v) is 2.35. The van der Waals surface area contributed by atoms with E-state index in [2.05, 4.69) is 10.1 Å². The summed E-state index contributed by atoms with van der Waals surface area (Å²) in [6.07, 6.45) is 0. The number of rotatable bonds is 3. The zero-order valence-corrected chi connectivity index (χ0v) is 11.1. The van der Waals surface area contributed by atoms with E-state index in [9.17, 15) is 0 Å². The van der Waals surface area contributed by atoms with Gasteiger partial charge in [0, 0.05) is 17.5 Å². The molecule has 1 aromatic carbocycles. The summed E-state index contributed by atoms with van der Waals surface area (Å²) < 4.78 is 7.73. The van der Waals surface area contributed by atoms with Gasteiger partial charge in [-0.3, -0.25) is 0 Å². The van der Waals surface area contributed by atoms with Crippen LogP contribution in [0.4, 0.5) is 0 Å². The van der Waals surface area contributed by atoms with Gasteiger partial charge in [0.25, 0.3) is 0 Å². The summed E-state index contributed by atoms with van der Waals surface area (Å²) in [6.45, 7) is 4.84. The van der Waals surface area contributed by atoms with Gasteiger partial charge in [0.05, 0.1) is 0 Å². The third kappa shape index (κ3) is 2.02. The van der Waals surface area contributed by atoms with E-state index < -0.39 is 0 Å². The van der Waals surface area contributed by atoms with Crippen molar-refractivity contribution in [1.82, 2.24) is 14.8 Å². The van der Waals surface area contributed by atoms with E-state index in [1.54, 1.807) is 0 Å². The summed E-state index contributed by atoms with van der Waals surface area (Å²) in [4.78, 5) is 4.30. The van der Waals surface area contributed by atoms with Crippen LogP contribution in [0.2, 0.25) is 0 Å². The molecule has 0 bridgehead atoms. The average molecular weight is 256 g/mol. The Morgan fingerprint density at radius 3 is 2.74 bits per heavy atom. The topological polar surface area (TPSA) is 69.9 Å². The van der Waals surface area contributed by atoms with Gasteiger partial charge in [-0.25, -0.2) is 9.67 Å². The predicted octanol–water partition coefficient (Wildman–Crippen LogP) is 2.15. The van der Waals surface area contributed by atoms with Gasteiger partial charge in [-0.2, -0.15) is 5.10 Å². The largest absolute Gasteiger partial charge is 0.459 e. The molecule has 0 aliphatic carbocycles. The standard InChI is InChI=1S/C14H16N4O/c1-9-16-10(2)18(17-9)8-14-12(7-15)11-5-3-4-6-13(11)19-14/h3-6H,7-8,15H2,1-2H3. The van der Waals surface area contributed by atoms with Gasteiger partial charge in [0.15, 0.2) is 0 Å². The van der Waals surface area contributed by atoms with Crippen molar-refractivity contribution in [2.75, 3.05) is 0 Å². The number of benzene rings is 1. The van der Waals surface area contributed by atoms with Gasteiger partial charge >= 0.3 is 0 Å². The number of furan rings is 1. The number of aromatic nitrogens is 3. The van der Waals surface area contributed by atoms with Crippen molar-refractivity contribution < 1.29 is 4.42 Å². The van der Waals surface area contributed by atoms with Crippen molar-refractivity contribution in [1.29, 1.82) is 0 Å². The number of nitrogens with two attached hydrogens (primary N) is 1. The highest BCUT2D eigenvalue weighted by molar-refractivity contribution is 5.82. The second-order valence-corrected chi connectivity index (χ2v) is 4.57. The van der Waals surface area contributed by atoms with Gasteiger partial charge in [-0.1, -0.05) is 18.2 Å². The fourth-order valence-electron chi connectivity index (χ4n) is 2.35. The Labute approximate surface area is 111 Å². The van der Waals surface area contributed by atoms with Crippen LogP contribution in [0.3, 0.4) is 0 Å². The van der Waals surface area contributed by atoms with Crippen molar-refractivity contribution in [3.63, 3.8) is 0 Å². The first kappa shape index (κ1) is 11.9. The first-order valence-corrected chi connectivity index (χ1v) is 6.26. The first-order valence-electron chi connectivity index (χ1n) is 6.26. The molecule has 0 saturated carbocycles. The zero-order chi connectivity index (χ0) is 13.4. The van der Waals surface area contributed by atoms with Crippen LogP contribution in [0.1, 0.15) is 23.0 Å². The smallest absolute Gasteiger partial charge is 0.147 e. The molecule has 0 spiro atoms. The van der Waals surface area contributed by atoms with Crippen molar-refractivity contribution in [3.05, 3.63) is 47.2 Å². The molecule has 0 fully saturated rings. The van der Waals surface area contributed by atoms with Crippen LogP contribution < -0.4 is 5.73 Å². The molecule has 2 heterocycles. The van der Waals surface area contributed by atoms with E-state index in [1.807, 2.05) is 42.8 Å². The third-order valence-electron chi connectivity index (χ3n) is 3.24. The SMILES string of the molecule is Cc1nc(C)n(Cc2oc3ccccc3c2CN)n1. The summed E-state index contributed by atoms with van der Waals surface area (Å²) in [6, 6.07) is 7.94. The molecule has 0 radical (unpaired) electrons. The highest BCUT2D eigenvalue weighted by Crippen LogP contribution is 2.26. The lowest BCUT2D eigenvalue weighted by Crippen LogP contribution is -2.07. The maximum absolute atomic E-state index is 5.89. The van der Waals surface area contributed by atoms with Crippen LogP contribution >= 0.6 is 0 Å². The van der Waals surface area contributed by atoms with Crippen molar-refractivity contribution in [3.8, 4) is 0 Å². The molecular weight excluding hydrogens is 240 g/mol. The van der Waals surface area contributed by atoms with Crippen LogP contribution in [0.5, 0.6) is 0 Å². The van der Waals surface area contributed by atoms with Crippen LogP contribution in [0.15, 0.2) is 28.7 Å². The molecule has 2 N–H and O–H groups in total. The van der Waals surface area contributed by atoms with E-state index in [0.717, 1.165) is 33.9 Å². The van der Waals surface area contributed by atoms with Gasteiger partial charge < -0.3 is 10.2 Å². The van der Waals surface area contributed by atoms with E-state index in [4.69, 9.17) is 10.2 Å². The Bertz CT molecular complexity index is 726. The van der Waals surface area contributed by atoms with E-state index in [1.165, 1.54) is 0 Å². The number of hydrogen-bond acceptors (Lipinski definition) is 4. The highest BCUT2D eigenvalue weighted by atomic mass is 16.3. The van der Waals surface area contributed by atoms with Gasteiger partial charge in [-0.15, -0.1) is 0 Å². The molecule has 5 nitrogen and oxygen atoms in total. The van der Waals surface area contributed by atoms with Crippen molar-refractivity contribution in [2.24, 2.45) is 5.73 Å². The predicted molar refractivity (Wildman–Crippen MR) is 72.7 cm³/mol. The Kier molecular flexibility index (Phi) is 2.83. The molecule has 2 aromatic heterocycles. The maximum Gasteiger partial charge on any atom is 0.147 e. The molecule has 0 aliphatic rings. The number of para-hydroxylation sites is 1. The minimum absolute atomic E-state index is 0.457. The third-order valence-corrected chi connectivity index (χ3v) is 3.24. The number of hydrogen-bond donors (Lipinski definition) is 1. The quantitative estimate of drug-likeness (QED) is 0.779. The fraction of sp³-hybridized carbons (Fsp3) is 0.286. The molecule has 3 aromatic rings. The molecule has 98 valence electrons. The highest BCUT2D eigenvalue weighted by Gasteiger charge is 2.14. The number of aryl methyl sites for hydroxylation is 2. The van der Waals surface area contributed by atoms with E-state index in [0.29, 0.717) is 13.1 Å². The summed E-state index contributed by atoms with van der Waals surface area (Å²) in [5.74, 6) is 2.50. The molecule has 0 aliphatic heterocycles. The van der Waals surface area contributed by atoms with Gasteiger partial charge in [-0.05, 0) is 19.9 Å². The summed E-state index contributed by atoms with van der Waals surface area (Å²) in [5, 5.41) is 5.43. The van der Waals surface area contributed by atoms with Crippen LogP contribution in [0.25, 0.3) is 11.0 Å². The Morgan fingerprint density at radius 1 is 1.26 bits per heavy atom. The Balaban J connectivity index is 2.07. The van der Waals surface area contributed by atoms with E-state index >= 15 is 0 Å². The molecule has 5 heteroatoms. The summed E-state index contributed by atoms with van der Waals surface area (Å²) in [7, 11) is 0. The molecule has 19 heavy (non-hydrogen) atoms. The minimum Gasteiger partial charge on any atom is -0.459 e. The van der Waals surface area contributed by atoms with Gasteiger partial charge in [0.2, 0.25) is 0 Å². The monoisotopic (exact) mass is 256 g/mol. The zero-order valence-electron chi connectivity index (χ0n) is 11.1. The molecule has 0 saturated heterocycles. The average Bonchev–Trinajstić information content (AvgIpc) is 2.89. The maximum atomic E-state index is 5.89. The Morgan fingerprint density at radius 2 is 2.05 bits per heavy atom. The normalized spacial score (nSPS) is 11.3. The van der Waals surface area contributed by atoms with Gasteiger partial charge in [0.1, 0.15) is 29.5 Å². The summed E-state index contributed by atoms with van der Waals surface area (Å²) >= 11 is 0. The van der Waals surface area contributed by atoms with Crippen molar-refractivity contribution in [2.45, 2.75) is 26.9 Å². The molecule has 0 atom stereocenters. The number of nitrogens with zero attached hydrogens (tertiary/aromatic N) is 3. The van der Waals surface area contributed by atoms with Crippen LogP contribution in [-0.2, 0) is 13.1 Å². The molecule has 0 amide bonds. The van der Waals surface area contributed by atoms with Crippen LogP contribution in [0, 0.1) is 13.8 Å². The Hall–Kier alpha value is -2.14. The lowest BCUT2D eigenvalue weighted by Gasteiger charge is -2.02. The van der Waals surface area contributed by atoms with Crippen molar-refractivity contribution >= 4 is 11.0 Å². The first-order chi connectivity index (χ1) is 9.19. The second kappa shape index (κ2) is 4.51. The molecule has 3 rings (SSSR count). The summed E-state index contributed by atoms with van der Waals surface area (Å²) in [5.41, 5.74) is 7.77. The second-order valence-electron chi connectivity index (χ2n) is 4.57. The minimum atomic E-state index is 0.457. The molecule has 0 unspecified atom stereocenters. The lowest BCUT2D eigenvalue weighted by atomic mass is 10.1. The molecular formula is C14H16N4O. The van der Waals surface area contributed by atoms with E-state index in [-0.39, 0.29) is 0 Å².